The van der Waals surface area contributed by atoms with Crippen LogP contribution in [0.15, 0.2) is 70.2 Å². The molecule has 0 atom stereocenters. The maximum Gasteiger partial charge on any atom is 0.249 e. The van der Waals surface area contributed by atoms with Gasteiger partial charge in [-0.25, -0.2) is 5.43 Å². The zero-order valence-corrected chi connectivity index (χ0v) is 21.7. The molecule has 2 amide bonds. The standard InChI is InChI=1S/C26H25BrClN3O4/c1-3-34-23-13-19(12-21(27)26(23)35-16-18-8-10-20(28)11-9-18)15-29-31-25(33)14-24(32)30-22-7-5-4-6-17(22)2/h4-13,15H,3,14,16H2,1-2H3,(H,30,32)(H,31,33). The van der Waals surface area contributed by atoms with Crippen LogP contribution in [0.25, 0.3) is 0 Å². The van der Waals surface area contributed by atoms with Gasteiger partial charge in [-0.3, -0.25) is 9.59 Å². The Morgan fingerprint density at radius 1 is 1.06 bits per heavy atom. The number of nitrogens with zero attached hydrogens (tertiary/aromatic N) is 1. The monoisotopic (exact) mass is 557 g/mol. The largest absolute Gasteiger partial charge is 0.490 e. The van der Waals surface area contributed by atoms with E-state index in [9.17, 15) is 9.59 Å². The Bertz CT molecular complexity index is 1220. The van der Waals surface area contributed by atoms with Gasteiger partial charge in [0.25, 0.3) is 0 Å². The van der Waals surface area contributed by atoms with Crippen molar-refractivity contribution in [3.63, 3.8) is 0 Å². The van der Waals surface area contributed by atoms with Crippen LogP contribution in [0.4, 0.5) is 5.69 Å². The molecule has 0 heterocycles. The summed E-state index contributed by atoms with van der Waals surface area (Å²) >= 11 is 9.45. The molecule has 9 heteroatoms. The molecule has 35 heavy (non-hydrogen) atoms. The summed E-state index contributed by atoms with van der Waals surface area (Å²) in [6.45, 7) is 4.53. The van der Waals surface area contributed by atoms with Gasteiger partial charge in [-0.2, -0.15) is 5.10 Å². The highest BCUT2D eigenvalue weighted by molar-refractivity contribution is 9.10. The third kappa shape index (κ3) is 8.12. The Balaban J connectivity index is 1.60. The first-order chi connectivity index (χ1) is 16.9. The van der Waals surface area contributed by atoms with Crippen LogP contribution in [-0.4, -0.2) is 24.6 Å². The van der Waals surface area contributed by atoms with Crippen LogP contribution in [0.5, 0.6) is 11.5 Å². The van der Waals surface area contributed by atoms with E-state index in [-0.39, 0.29) is 6.42 Å². The van der Waals surface area contributed by atoms with E-state index in [1.807, 2.05) is 44.2 Å². The SMILES string of the molecule is CCOc1cc(C=NNC(=O)CC(=O)Nc2ccccc2C)cc(Br)c1OCc1ccc(Cl)cc1. The second-order valence-corrected chi connectivity index (χ2v) is 8.80. The summed E-state index contributed by atoms with van der Waals surface area (Å²) in [7, 11) is 0. The van der Waals surface area contributed by atoms with Crippen molar-refractivity contribution >= 4 is 51.2 Å². The van der Waals surface area contributed by atoms with E-state index in [2.05, 4.69) is 31.8 Å². The van der Waals surface area contributed by atoms with Crippen LogP contribution in [0, 0.1) is 6.92 Å². The summed E-state index contributed by atoms with van der Waals surface area (Å²) in [6, 6.07) is 18.3. The molecule has 0 aliphatic carbocycles. The van der Waals surface area contributed by atoms with E-state index >= 15 is 0 Å². The number of anilines is 1. The number of amides is 2. The summed E-state index contributed by atoms with van der Waals surface area (Å²) in [6.07, 6.45) is 1.12. The molecule has 0 spiro atoms. The van der Waals surface area contributed by atoms with Gasteiger partial charge in [0.05, 0.1) is 17.3 Å². The summed E-state index contributed by atoms with van der Waals surface area (Å²) in [4.78, 5) is 24.2. The van der Waals surface area contributed by atoms with Crippen molar-refractivity contribution in [2.24, 2.45) is 5.10 Å². The van der Waals surface area contributed by atoms with Gasteiger partial charge in [-0.1, -0.05) is 41.9 Å². The predicted molar refractivity (Wildman–Crippen MR) is 141 cm³/mol. The number of hydrogen-bond acceptors (Lipinski definition) is 5. The van der Waals surface area contributed by atoms with Crippen molar-refractivity contribution in [2.75, 3.05) is 11.9 Å². The number of halogens is 2. The topological polar surface area (TPSA) is 89.0 Å². The maximum absolute atomic E-state index is 12.1. The van der Waals surface area contributed by atoms with Crippen molar-refractivity contribution in [2.45, 2.75) is 26.9 Å². The molecule has 0 aliphatic rings. The van der Waals surface area contributed by atoms with Crippen molar-refractivity contribution in [3.8, 4) is 11.5 Å². The second kappa shape index (κ2) is 12.9. The number of hydrogen-bond donors (Lipinski definition) is 2. The number of aryl methyl sites for hydroxylation is 1. The number of carbonyl (C=O) groups is 2. The van der Waals surface area contributed by atoms with Gasteiger partial charge in [0.2, 0.25) is 11.8 Å². The molecule has 0 radical (unpaired) electrons. The smallest absolute Gasteiger partial charge is 0.249 e. The number of rotatable bonds is 10. The minimum atomic E-state index is -0.528. The molecule has 3 aromatic rings. The van der Waals surface area contributed by atoms with Crippen LogP contribution in [0.3, 0.4) is 0 Å². The van der Waals surface area contributed by atoms with E-state index in [1.165, 1.54) is 6.21 Å². The lowest BCUT2D eigenvalue weighted by atomic mass is 10.2. The summed E-state index contributed by atoms with van der Waals surface area (Å²) in [5.74, 6) is 0.131. The van der Waals surface area contributed by atoms with E-state index < -0.39 is 11.8 Å². The Hall–Kier alpha value is -3.36. The van der Waals surface area contributed by atoms with Crippen LogP contribution >= 0.6 is 27.5 Å². The van der Waals surface area contributed by atoms with Gasteiger partial charge in [0.1, 0.15) is 13.0 Å². The fraction of sp³-hybridized carbons (Fsp3) is 0.192. The molecular formula is C26H25BrClN3O4. The molecule has 0 aromatic heterocycles. The molecule has 0 saturated carbocycles. The summed E-state index contributed by atoms with van der Waals surface area (Å²) in [5.41, 5.74) is 5.58. The number of carbonyl (C=O) groups excluding carboxylic acids is 2. The molecule has 7 nitrogen and oxygen atoms in total. The normalized spacial score (nSPS) is 10.7. The van der Waals surface area contributed by atoms with Crippen molar-refractivity contribution in [3.05, 3.63) is 86.8 Å². The highest BCUT2D eigenvalue weighted by Gasteiger charge is 2.13. The lowest BCUT2D eigenvalue weighted by molar-refractivity contribution is -0.126. The van der Waals surface area contributed by atoms with Crippen LogP contribution in [0.1, 0.15) is 30.0 Å². The number of ether oxygens (including phenoxy) is 2. The molecular weight excluding hydrogens is 534 g/mol. The zero-order valence-electron chi connectivity index (χ0n) is 19.3. The molecule has 3 aromatic carbocycles. The lowest BCUT2D eigenvalue weighted by Crippen LogP contribution is -2.24. The maximum atomic E-state index is 12.1. The first-order valence-corrected chi connectivity index (χ1v) is 12.0. The predicted octanol–water partition coefficient (Wildman–Crippen LogP) is 5.87. The Labute approximate surface area is 217 Å². The summed E-state index contributed by atoms with van der Waals surface area (Å²) < 4.78 is 12.4. The van der Waals surface area contributed by atoms with Gasteiger partial charge in [0, 0.05) is 10.7 Å². The highest BCUT2D eigenvalue weighted by Crippen LogP contribution is 2.37. The fourth-order valence-electron chi connectivity index (χ4n) is 3.07. The van der Waals surface area contributed by atoms with Crippen molar-refractivity contribution < 1.29 is 19.1 Å². The van der Waals surface area contributed by atoms with E-state index in [0.717, 1.165) is 11.1 Å². The Kier molecular flexibility index (Phi) is 9.69. The van der Waals surface area contributed by atoms with E-state index in [1.54, 1.807) is 30.3 Å². The third-order valence-electron chi connectivity index (χ3n) is 4.77. The molecule has 0 aliphatic heterocycles. The lowest BCUT2D eigenvalue weighted by Gasteiger charge is -2.14. The molecule has 2 N–H and O–H groups in total. The molecule has 0 unspecified atom stereocenters. The average molecular weight is 559 g/mol. The van der Waals surface area contributed by atoms with Crippen molar-refractivity contribution in [1.29, 1.82) is 0 Å². The first-order valence-electron chi connectivity index (χ1n) is 10.9. The minimum Gasteiger partial charge on any atom is -0.490 e. The van der Waals surface area contributed by atoms with Gasteiger partial charge in [-0.05, 0) is 76.8 Å². The fourth-order valence-corrected chi connectivity index (χ4v) is 3.77. The Morgan fingerprint density at radius 2 is 1.80 bits per heavy atom. The zero-order chi connectivity index (χ0) is 25.2. The molecule has 182 valence electrons. The number of hydrazone groups is 1. The van der Waals surface area contributed by atoms with Gasteiger partial charge < -0.3 is 14.8 Å². The molecule has 0 fully saturated rings. The van der Waals surface area contributed by atoms with Crippen LogP contribution in [0.2, 0.25) is 5.02 Å². The van der Waals surface area contributed by atoms with E-state index in [0.29, 0.717) is 45.5 Å². The van der Waals surface area contributed by atoms with E-state index in [4.69, 9.17) is 21.1 Å². The minimum absolute atomic E-state index is 0.337. The summed E-state index contributed by atoms with van der Waals surface area (Å²) in [5, 5.41) is 7.33. The van der Waals surface area contributed by atoms with Crippen molar-refractivity contribution in [1.82, 2.24) is 5.43 Å². The molecule has 0 saturated heterocycles. The van der Waals surface area contributed by atoms with Gasteiger partial charge in [0.15, 0.2) is 11.5 Å². The van der Waals surface area contributed by atoms with Gasteiger partial charge >= 0.3 is 0 Å². The molecule has 0 bridgehead atoms. The van der Waals surface area contributed by atoms with Crippen LogP contribution in [-0.2, 0) is 16.2 Å². The second-order valence-electron chi connectivity index (χ2n) is 7.51. The highest BCUT2D eigenvalue weighted by atomic mass is 79.9. The average Bonchev–Trinajstić information content (AvgIpc) is 2.81. The van der Waals surface area contributed by atoms with Crippen LogP contribution < -0.4 is 20.2 Å². The number of nitrogens with one attached hydrogen (secondary N) is 2. The number of benzene rings is 3. The molecule has 3 rings (SSSR count). The quantitative estimate of drug-likeness (QED) is 0.185. The van der Waals surface area contributed by atoms with Gasteiger partial charge in [-0.15, -0.1) is 0 Å². The first kappa shape index (κ1) is 26.2. The number of para-hydroxylation sites is 1. The third-order valence-corrected chi connectivity index (χ3v) is 5.61. The Morgan fingerprint density at radius 3 is 2.51 bits per heavy atom.